The minimum absolute atomic E-state index is 0.456. The first kappa shape index (κ1) is 10.3. The topological polar surface area (TPSA) is 9.23 Å². The van der Waals surface area contributed by atoms with E-state index >= 15 is 0 Å². The number of fused-ring (bicyclic) bond motifs is 1. The van der Waals surface area contributed by atoms with E-state index in [1.807, 2.05) is 0 Å². The van der Waals surface area contributed by atoms with Crippen molar-refractivity contribution >= 4 is 49.0 Å². The molecule has 0 saturated carbocycles. The van der Waals surface area contributed by atoms with E-state index in [-0.39, 0.29) is 0 Å². The zero-order chi connectivity index (χ0) is 10.1. The van der Waals surface area contributed by atoms with E-state index in [1.54, 1.807) is 18.4 Å². The number of hydrogen-bond acceptors (Lipinski definition) is 2. The molecule has 1 heterocycles. The van der Waals surface area contributed by atoms with Crippen LogP contribution in [0, 0.1) is 0 Å². The highest BCUT2D eigenvalue weighted by molar-refractivity contribution is 9.10. The smallest absolute Gasteiger partial charge is 0.142 e. The molecule has 2 rings (SSSR count). The minimum Gasteiger partial charge on any atom is -0.495 e. The van der Waals surface area contributed by atoms with Gasteiger partial charge in [0.25, 0.3) is 0 Å². The predicted octanol–water partition coefficient (Wildman–Crippen LogP) is 4.41. The summed E-state index contributed by atoms with van der Waals surface area (Å²) in [6.45, 7) is 0. The van der Waals surface area contributed by atoms with Crippen molar-refractivity contribution < 1.29 is 4.74 Å². The first-order chi connectivity index (χ1) is 6.77. The molecular formula is C10H8BrClOS. The maximum Gasteiger partial charge on any atom is 0.142 e. The molecule has 14 heavy (non-hydrogen) atoms. The molecule has 0 aliphatic heterocycles. The second kappa shape index (κ2) is 4.09. The fourth-order valence-corrected chi connectivity index (χ4v) is 3.35. The molecule has 0 fully saturated rings. The molecule has 1 aromatic heterocycles. The van der Waals surface area contributed by atoms with Crippen LogP contribution in [0.1, 0.15) is 5.56 Å². The van der Waals surface area contributed by atoms with Crippen molar-refractivity contribution in [2.45, 2.75) is 5.88 Å². The van der Waals surface area contributed by atoms with Crippen molar-refractivity contribution in [3.05, 3.63) is 27.5 Å². The molecule has 4 heteroatoms. The van der Waals surface area contributed by atoms with Gasteiger partial charge in [-0.2, -0.15) is 0 Å². The Hall–Kier alpha value is -0.250. The van der Waals surface area contributed by atoms with E-state index in [9.17, 15) is 0 Å². The van der Waals surface area contributed by atoms with Crippen molar-refractivity contribution in [3.8, 4) is 5.75 Å². The first-order valence-corrected chi connectivity index (χ1v) is 6.27. The summed E-state index contributed by atoms with van der Waals surface area (Å²) in [4.78, 5) is 0. The van der Waals surface area contributed by atoms with Crippen LogP contribution in [-0.2, 0) is 5.88 Å². The number of alkyl halides is 1. The number of halogens is 2. The third-order valence-corrected chi connectivity index (χ3v) is 3.99. The number of rotatable bonds is 2. The van der Waals surface area contributed by atoms with Crippen molar-refractivity contribution in [1.29, 1.82) is 0 Å². The summed E-state index contributed by atoms with van der Waals surface area (Å²) >= 11 is 11.0. The van der Waals surface area contributed by atoms with Gasteiger partial charge in [-0.05, 0) is 22.9 Å². The van der Waals surface area contributed by atoms with Gasteiger partial charge >= 0.3 is 0 Å². The molecule has 0 bridgehead atoms. The molecule has 74 valence electrons. The second-order valence-corrected chi connectivity index (χ2v) is 4.88. The van der Waals surface area contributed by atoms with Crippen LogP contribution in [0.5, 0.6) is 5.75 Å². The lowest BCUT2D eigenvalue weighted by Crippen LogP contribution is -1.90. The summed E-state index contributed by atoms with van der Waals surface area (Å²) in [5, 5.41) is 3.24. The van der Waals surface area contributed by atoms with Crippen LogP contribution in [0.15, 0.2) is 22.0 Å². The summed E-state index contributed by atoms with van der Waals surface area (Å²) in [6, 6.07) is 4.15. The van der Waals surface area contributed by atoms with Crippen LogP contribution in [-0.4, -0.2) is 7.11 Å². The standard InChI is InChI=1S/C10H8BrClOS/c1-13-9-7(5-12)8(11)4-6-2-3-14-10(6)9/h2-4H,5H2,1H3. The van der Waals surface area contributed by atoms with Crippen molar-refractivity contribution in [2.24, 2.45) is 0 Å². The Balaban J connectivity index is 2.82. The van der Waals surface area contributed by atoms with Crippen LogP contribution < -0.4 is 4.74 Å². The van der Waals surface area contributed by atoms with Crippen LogP contribution in [0.25, 0.3) is 10.1 Å². The highest BCUT2D eigenvalue weighted by Gasteiger charge is 2.12. The SMILES string of the molecule is COc1c(CCl)c(Br)cc2ccsc12. The second-order valence-electron chi connectivity index (χ2n) is 2.84. The van der Waals surface area contributed by atoms with E-state index in [0.29, 0.717) is 5.88 Å². The Morgan fingerprint density at radius 2 is 2.36 bits per heavy atom. The number of methoxy groups -OCH3 is 1. The van der Waals surface area contributed by atoms with Gasteiger partial charge in [-0.3, -0.25) is 0 Å². The van der Waals surface area contributed by atoms with Gasteiger partial charge in [-0.15, -0.1) is 22.9 Å². The Morgan fingerprint density at radius 3 is 3.00 bits per heavy atom. The van der Waals surface area contributed by atoms with Crippen molar-refractivity contribution in [2.75, 3.05) is 7.11 Å². The Morgan fingerprint density at radius 1 is 1.57 bits per heavy atom. The number of hydrogen-bond donors (Lipinski definition) is 0. The van der Waals surface area contributed by atoms with Crippen LogP contribution in [0.3, 0.4) is 0 Å². The van der Waals surface area contributed by atoms with E-state index < -0.39 is 0 Å². The quantitative estimate of drug-likeness (QED) is 0.745. The van der Waals surface area contributed by atoms with Crippen LogP contribution in [0.2, 0.25) is 0 Å². The van der Waals surface area contributed by atoms with Gasteiger partial charge < -0.3 is 4.74 Å². The average molecular weight is 292 g/mol. The molecule has 1 aromatic carbocycles. The summed E-state index contributed by atoms with van der Waals surface area (Å²) in [6.07, 6.45) is 0. The fourth-order valence-electron chi connectivity index (χ4n) is 1.43. The highest BCUT2D eigenvalue weighted by atomic mass is 79.9. The maximum absolute atomic E-state index is 5.88. The van der Waals surface area contributed by atoms with E-state index in [2.05, 4.69) is 33.4 Å². The van der Waals surface area contributed by atoms with Gasteiger partial charge in [0.05, 0.1) is 17.7 Å². The lowest BCUT2D eigenvalue weighted by Gasteiger charge is -2.09. The molecular weight excluding hydrogens is 284 g/mol. The summed E-state index contributed by atoms with van der Waals surface area (Å²) in [5.41, 5.74) is 1.02. The van der Waals surface area contributed by atoms with E-state index in [4.69, 9.17) is 16.3 Å². The zero-order valence-electron chi connectivity index (χ0n) is 7.51. The number of ether oxygens (including phenoxy) is 1. The molecule has 0 radical (unpaired) electrons. The normalized spacial score (nSPS) is 10.8. The van der Waals surface area contributed by atoms with Gasteiger partial charge in [-0.1, -0.05) is 15.9 Å². The Bertz CT molecular complexity index is 466. The molecule has 0 aliphatic carbocycles. The molecule has 0 spiro atoms. The predicted molar refractivity (Wildman–Crippen MR) is 65.6 cm³/mol. The number of benzene rings is 1. The molecule has 1 nitrogen and oxygen atoms in total. The van der Waals surface area contributed by atoms with Gasteiger partial charge in [0.2, 0.25) is 0 Å². The van der Waals surface area contributed by atoms with Crippen LogP contribution in [0.4, 0.5) is 0 Å². The van der Waals surface area contributed by atoms with Crippen molar-refractivity contribution in [1.82, 2.24) is 0 Å². The lowest BCUT2D eigenvalue weighted by atomic mass is 10.2. The molecule has 2 aromatic rings. The minimum atomic E-state index is 0.456. The molecule has 0 unspecified atom stereocenters. The summed E-state index contributed by atoms with van der Waals surface area (Å²) in [7, 11) is 1.68. The third-order valence-electron chi connectivity index (χ3n) is 2.08. The first-order valence-electron chi connectivity index (χ1n) is 4.06. The van der Waals surface area contributed by atoms with E-state index in [0.717, 1.165) is 20.5 Å². The third kappa shape index (κ3) is 1.53. The lowest BCUT2D eigenvalue weighted by molar-refractivity contribution is 0.416. The summed E-state index contributed by atoms with van der Waals surface area (Å²) in [5.74, 6) is 1.34. The maximum atomic E-state index is 5.88. The van der Waals surface area contributed by atoms with Crippen molar-refractivity contribution in [3.63, 3.8) is 0 Å². The number of thiophene rings is 1. The van der Waals surface area contributed by atoms with Crippen LogP contribution >= 0.6 is 38.9 Å². The average Bonchev–Trinajstić information content (AvgIpc) is 2.62. The van der Waals surface area contributed by atoms with Gasteiger partial charge in [-0.25, -0.2) is 0 Å². The molecule has 0 atom stereocenters. The Labute approximate surface area is 99.8 Å². The van der Waals surface area contributed by atoms with Gasteiger partial charge in [0, 0.05) is 10.0 Å². The zero-order valence-corrected chi connectivity index (χ0v) is 10.7. The fraction of sp³-hybridized carbons (Fsp3) is 0.200. The summed E-state index contributed by atoms with van der Waals surface area (Å²) < 4.78 is 7.55. The molecule has 0 N–H and O–H groups in total. The monoisotopic (exact) mass is 290 g/mol. The molecule has 0 saturated heterocycles. The molecule has 0 aliphatic rings. The van der Waals surface area contributed by atoms with Gasteiger partial charge in [0.1, 0.15) is 5.75 Å². The highest BCUT2D eigenvalue weighted by Crippen LogP contribution is 2.39. The Kier molecular flexibility index (Phi) is 3.00. The van der Waals surface area contributed by atoms with Gasteiger partial charge in [0.15, 0.2) is 0 Å². The molecule has 0 amide bonds. The van der Waals surface area contributed by atoms with E-state index in [1.165, 1.54) is 5.39 Å². The largest absolute Gasteiger partial charge is 0.495 e.